The van der Waals surface area contributed by atoms with Crippen molar-refractivity contribution in [3.05, 3.63) is 6.20 Å². The molecule has 0 aromatic carbocycles. The molecule has 1 aromatic rings. The summed E-state index contributed by atoms with van der Waals surface area (Å²) in [7, 11) is 0. The van der Waals surface area contributed by atoms with E-state index < -0.39 is 0 Å². The topological polar surface area (TPSA) is 78.3 Å². The molecule has 0 spiro atoms. The molecule has 0 aliphatic carbocycles. The van der Waals surface area contributed by atoms with Gasteiger partial charge >= 0.3 is 6.09 Å². The number of rotatable bonds is 4. The summed E-state index contributed by atoms with van der Waals surface area (Å²) in [5, 5.41) is 10.2. The number of ether oxygens (including phenoxy) is 2. The second-order valence-corrected chi connectivity index (χ2v) is 3.12. The van der Waals surface area contributed by atoms with Crippen LogP contribution in [0.15, 0.2) is 6.20 Å². The lowest BCUT2D eigenvalue weighted by atomic mass is 10.4. The number of hydrogen-bond acceptors (Lipinski definition) is 5. The van der Waals surface area contributed by atoms with E-state index in [1.807, 2.05) is 6.92 Å². The molecule has 2 rings (SSSR count). The van der Waals surface area contributed by atoms with Crippen molar-refractivity contribution in [2.24, 2.45) is 0 Å². The third-order valence-corrected chi connectivity index (χ3v) is 1.95. The van der Waals surface area contributed by atoms with Gasteiger partial charge in [0.1, 0.15) is 6.10 Å². The van der Waals surface area contributed by atoms with Crippen LogP contribution in [0.4, 0.5) is 4.79 Å². The average molecular weight is 212 g/mol. The van der Waals surface area contributed by atoms with Crippen molar-refractivity contribution in [2.75, 3.05) is 13.2 Å². The molecule has 2 heterocycles. The first-order valence-electron chi connectivity index (χ1n) is 4.75. The van der Waals surface area contributed by atoms with Gasteiger partial charge in [0.05, 0.1) is 25.9 Å². The Morgan fingerprint density at radius 1 is 1.80 bits per heavy atom. The molecule has 1 atom stereocenters. The van der Waals surface area contributed by atoms with Crippen LogP contribution < -0.4 is 10.1 Å². The Kier molecular flexibility index (Phi) is 2.70. The zero-order chi connectivity index (χ0) is 10.7. The Hall–Kier alpha value is -1.79. The largest absolute Gasteiger partial charge is 0.476 e. The molecule has 7 heteroatoms. The molecule has 7 nitrogen and oxygen atoms in total. The van der Waals surface area contributed by atoms with E-state index in [-0.39, 0.29) is 12.2 Å². The van der Waals surface area contributed by atoms with Gasteiger partial charge < -0.3 is 14.8 Å². The van der Waals surface area contributed by atoms with E-state index in [4.69, 9.17) is 9.47 Å². The number of amides is 1. The van der Waals surface area contributed by atoms with Crippen LogP contribution >= 0.6 is 0 Å². The second-order valence-electron chi connectivity index (χ2n) is 3.12. The molecule has 1 aliphatic heterocycles. The fourth-order valence-electron chi connectivity index (χ4n) is 1.33. The number of hydrogen-bond donors (Lipinski definition) is 1. The van der Waals surface area contributed by atoms with Crippen molar-refractivity contribution >= 4 is 6.09 Å². The minimum absolute atomic E-state index is 0.186. The van der Waals surface area contributed by atoms with Crippen molar-refractivity contribution in [1.82, 2.24) is 20.3 Å². The van der Waals surface area contributed by atoms with Crippen LogP contribution in [0, 0.1) is 0 Å². The van der Waals surface area contributed by atoms with E-state index in [9.17, 15) is 4.79 Å². The van der Waals surface area contributed by atoms with Crippen LogP contribution in [-0.4, -0.2) is 40.3 Å². The first-order valence-corrected chi connectivity index (χ1v) is 4.75. The summed E-state index contributed by atoms with van der Waals surface area (Å²) in [4.78, 5) is 10.7. The van der Waals surface area contributed by atoms with Crippen LogP contribution in [0.1, 0.15) is 6.92 Å². The number of cyclic esters (lactones) is 1. The molecular formula is C8H12N4O3. The first-order chi connectivity index (χ1) is 7.28. The van der Waals surface area contributed by atoms with Crippen molar-refractivity contribution in [3.8, 4) is 5.88 Å². The number of carbonyl (C=O) groups is 1. The van der Waals surface area contributed by atoms with Crippen molar-refractivity contribution in [2.45, 2.75) is 19.6 Å². The van der Waals surface area contributed by atoms with Gasteiger partial charge in [0, 0.05) is 0 Å². The molecular weight excluding hydrogens is 200 g/mol. The third-order valence-electron chi connectivity index (χ3n) is 1.95. The maximum absolute atomic E-state index is 10.7. The Balaban J connectivity index is 1.90. The lowest BCUT2D eigenvalue weighted by Crippen LogP contribution is -2.20. The molecule has 1 aliphatic rings. The highest BCUT2D eigenvalue weighted by Gasteiger charge is 2.23. The number of carbonyl (C=O) groups excluding carboxylic acids is 1. The van der Waals surface area contributed by atoms with E-state index in [1.165, 1.54) is 0 Å². The maximum Gasteiger partial charge on any atom is 0.407 e. The van der Waals surface area contributed by atoms with Crippen LogP contribution in [-0.2, 0) is 11.3 Å². The predicted molar refractivity (Wildman–Crippen MR) is 49.5 cm³/mol. The fraction of sp³-hybridized carbons (Fsp3) is 0.625. The Labute approximate surface area is 86.3 Å². The number of alkyl carbamates (subject to hydrolysis) is 1. The molecule has 15 heavy (non-hydrogen) atoms. The Morgan fingerprint density at radius 2 is 2.67 bits per heavy atom. The van der Waals surface area contributed by atoms with E-state index in [0.717, 1.165) is 0 Å². The van der Waals surface area contributed by atoms with Gasteiger partial charge in [0.15, 0.2) is 0 Å². The first kappa shape index (κ1) is 9.75. The maximum atomic E-state index is 10.7. The lowest BCUT2D eigenvalue weighted by molar-refractivity contribution is 0.128. The summed E-state index contributed by atoms with van der Waals surface area (Å²) in [6, 6.07) is 0. The summed E-state index contributed by atoms with van der Waals surface area (Å²) in [6.07, 6.45) is 1.11. The molecule has 82 valence electrons. The minimum atomic E-state index is -0.384. The predicted octanol–water partition coefficient (Wildman–Crippen LogP) is -0.215. The van der Waals surface area contributed by atoms with E-state index in [1.54, 1.807) is 10.9 Å². The Morgan fingerprint density at radius 3 is 3.33 bits per heavy atom. The Bertz CT molecular complexity index is 351. The third kappa shape index (κ3) is 2.36. The lowest BCUT2D eigenvalue weighted by Gasteiger charge is -2.05. The van der Waals surface area contributed by atoms with Gasteiger partial charge in [-0.05, 0) is 6.92 Å². The van der Waals surface area contributed by atoms with Gasteiger partial charge in [-0.3, -0.25) is 0 Å². The van der Waals surface area contributed by atoms with Crippen molar-refractivity contribution in [3.63, 3.8) is 0 Å². The summed E-state index contributed by atoms with van der Waals surface area (Å²) < 4.78 is 11.7. The smallest absolute Gasteiger partial charge is 0.407 e. The van der Waals surface area contributed by atoms with Gasteiger partial charge in [-0.2, -0.15) is 0 Å². The zero-order valence-corrected chi connectivity index (χ0v) is 8.34. The van der Waals surface area contributed by atoms with Crippen LogP contribution in [0.2, 0.25) is 0 Å². The van der Waals surface area contributed by atoms with Crippen molar-refractivity contribution in [1.29, 1.82) is 0 Å². The molecule has 1 fully saturated rings. The van der Waals surface area contributed by atoms with E-state index in [2.05, 4.69) is 15.6 Å². The minimum Gasteiger partial charge on any atom is -0.476 e. The summed E-state index contributed by atoms with van der Waals surface area (Å²) in [6.45, 7) is 3.42. The normalized spacial score (nSPS) is 19.8. The van der Waals surface area contributed by atoms with Crippen LogP contribution in [0.5, 0.6) is 5.88 Å². The van der Waals surface area contributed by atoms with Gasteiger partial charge in [-0.25, -0.2) is 9.48 Å². The average Bonchev–Trinajstić information content (AvgIpc) is 2.78. The SMILES string of the molecule is CCOc1cn(CC2CNC(=O)O2)nn1. The molecule has 0 radical (unpaired) electrons. The van der Waals surface area contributed by atoms with Gasteiger partial charge in [0.2, 0.25) is 0 Å². The standard InChI is InChI=1S/C8H12N4O3/c1-2-14-7-5-12(11-10-7)4-6-3-9-8(13)15-6/h5-6H,2-4H2,1H3,(H,9,13). The van der Waals surface area contributed by atoms with Crippen LogP contribution in [0.3, 0.4) is 0 Å². The summed E-state index contributed by atoms with van der Waals surface area (Å²) >= 11 is 0. The molecule has 1 amide bonds. The van der Waals surface area contributed by atoms with E-state index >= 15 is 0 Å². The summed E-state index contributed by atoms with van der Waals surface area (Å²) in [5.74, 6) is 0.481. The van der Waals surface area contributed by atoms with Gasteiger partial charge in [-0.1, -0.05) is 10.3 Å². The van der Waals surface area contributed by atoms with E-state index in [0.29, 0.717) is 25.6 Å². The molecule has 0 saturated carbocycles. The molecule has 1 aromatic heterocycles. The number of nitrogens with one attached hydrogen (secondary N) is 1. The second kappa shape index (κ2) is 4.16. The highest BCUT2D eigenvalue weighted by Crippen LogP contribution is 2.07. The zero-order valence-electron chi connectivity index (χ0n) is 8.34. The van der Waals surface area contributed by atoms with Gasteiger partial charge in [-0.15, -0.1) is 0 Å². The molecule has 1 saturated heterocycles. The molecule has 0 bridgehead atoms. The summed E-state index contributed by atoms with van der Waals surface area (Å²) in [5.41, 5.74) is 0. The molecule has 1 unspecified atom stereocenters. The quantitative estimate of drug-likeness (QED) is 0.746. The molecule has 1 N–H and O–H groups in total. The van der Waals surface area contributed by atoms with Crippen molar-refractivity contribution < 1.29 is 14.3 Å². The highest BCUT2D eigenvalue weighted by molar-refractivity contribution is 5.69. The van der Waals surface area contributed by atoms with Crippen LogP contribution in [0.25, 0.3) is 0 Å². The number of nitrogens with zero attached hydrogens (tertiary/aromatic N) is 3. The monoisotopic (exact) mass is 212 g/mol. The highest BCUT2D eigenvalue weighted by atomic mass is 16.6. The fourth-order valence-corrected chi connectivity index (χ4v) is 1.33. The van der Waals surface area contributed by atoms with Gasteiger partial charge in [0.25, 0.3) is 5.88 Å². The number of aromatic nitrogens is 3.